The number of rotatable bonds is 5. The van der Waals surface area contributed by atoms with E-state index in [1.54, 1.807) is 37.3 Å². The van der Waals surface area contributed by atoms with Gasteiger partial charge in [0.05, 0.1) is 12.5 Å². The molecule has 0 radical (unpaired) electrons. The Kier molecular flexibility index (Phi) is 5.61. The van der Waals surface area contributed by atoms with E-state index >= 15 is 0 Å². The van der Waals surface area contributed by atoms with Gasteiger partial charge in [-0.1, -0.05) is 23.7 Å². The summed E-state index contributed by atoms with van der Waals surface area (Å²) in [5.74, 6) is 0.351. The van der Waals surface area contributed by atoms with Crippen LogP contribution >= 0.6 is 11.6 Å². The molecule has 0 aromatic heterocycles. The summed E-state index contributed by atoms with van der Waals surface area (Å²) in [4.78, 5) is 12.2. The maximum absolute atomic E-state index is 12.2. The average Bonchev–Trinajstić information content (AvgIpc) is 2.53. The molecule has 1 N–H and O–H groups in total. The number of carbonyl (C=O) groups excluding carboxylic acids is 1. The number of halogens is 1. The second kappa shape index (κ2) is 7.66. The maximum atomic E-state index is 12.2. The maximum Gasteiger partial charge on any atom is 0.265 e. The van der Waals surface area contributed by atoms with E-state index in [0.29, 0.717) is 22.9 Å². The minimum absolute atomic E-state index is 0.245. The van der Waals surface area contributed by atoms with E-state index in [1.807, 2.05) is 19.1 Å². The molecular formula is C18H17ClN2O2. The first-order chi connectivity index (χ1) is 11.0. The zero-order valence-corrected chi connectivity index (χ0v) is 13.7. The predicted octanol–water partition coefficient (Wildman–Crippen LogP) is 4.12. The van der Waals surface area contributed by atoms with Crippen molar-refractivity contribution < 1.29 is 9.53 Å². The lowest BCUT2D eigenvalue weighted by atomic mass is 10.1. The summed E-state index contributed by atoms with van der Waals surface area (Å²) in [5, 5.41) is 12.1. The summed E-state index contributed by atoms with van der Waals surface area (Å²) in [5.41, 5.74) is 2.47. The van der Waals surface area contributed by atoms with Crippen LogP contribution in [0.1, 0.15) is 18.1 Å². The highest BCUT2D eigenvalue weighted by Crippen LogP contribution is 2.22. The van der Waals surface area contributed by atoms with Crippen molar-refractivity contribution >= 4 is 23.2 Å². The topological polar surface area (TPSA) is 62.1 Å². The average molecular weight is 329 g/mol. The van der Waals surface area contributed by atoms with E-state index < -0.39 is 6.10 Å². The molecular weight excluding hydrogens is 312 g/mol. The third kappa shape index (κ3) is 4.73. The summed E-state index contributed by atoms with van der Waals surface area (Å²) >= 11 is 5.97. The molecule has 0 aliphatic heterocycles. The number of aryl methyl sites for hydroxylation is 1. The minimum atomic E-state index is -0.644. The Morgan fingerprint density at radius 2 is 2.00 bits per heavy atom. The molecule has 23 heavy (non-hydrogen) atoms. The molecule has 118 valence electrons. The molecule has 0 unspecified atom stereocenters. The Bertz CT molecular complexity index is 736. The molecule has 5 heteroatoms. The monoisotopic (exact) mass is 328 g/mol. The molecule has 0 saturated carbocycles. The molecule has 0 aliphatic rings. The van der Waals surface area contributed by atoms with Crippen LogP contribution in [0.2, 0.25) is 5.02 Å². The van der Waals surface area contributed by atoms with Gasteiger partial charge in [-0.05, 0) is 55.3 Å². The number of ether oxygens (including phenoxy) is 1. The van der Waals surface area contributed by atoms with Gasteiger partial charge in [0.1, 0.15) is 5.75 Å². The first-order valence-corrected chi connectivity index (χ1v) is 7.57. The van der Waals surface area contributed by atoms with Crippen molar-refractivity contribution in [2.24, 2.45) is 0 Å². The number of hydrogen-bond donors (Lipinski definition) is 1. The predicted molar refractivity (Wildman–Crippen MR) is 90.7 cm³/mol. The van der Waals surface area contributed by atoms with E-state index in [2.05, 4.69) is 11.4 Å². The summed E-state index contributed by atoms with van der Waals surface area (Å²) in [6.45, 7) is 3.56. The van der Waals surface area contributed by atoms with Crippen molar-refractivity contribution in [1.29, 1.82) is 5.26 Å². The summed E-state index contributed by atoms with van der Waals surface area (Å²) in [6.07, 6.45) is -0.293. The standard InChI is InChI=1S/C18H17ClN2O2/c1-12-11-16(7-8-17(12)19)23-13(2)18(22)21-15-5-3-14(4-6-15)9-10-20/h3-8,11,13H,9H2,1-2H3,(H,21,22)/t13-/m1/s1. The quantitative estimate of drug-likeness (QED) is 0.898. The lowest BCUT2D eigenvalue weighted by Crippen LogP contribution is -2.30. The van der Waals surface area contributed by atoms with Crippen molar-refractivity contribution in [3.05, 3.63) is 58.6 Å². The molecule has 1 amide bonds. The highest BCUT2D eigenvalue weighted by molar-refractivity contribution is 6.31. The minimum Gasteiger partial charge on any atom is -0.481 e. The first-order valence-electron chi connectivity index (χ1n) is 7.19. The number of hydrogen-bond acceptors (Lipinski definition) is 3. The molecule has 4 nitrogen and oxygen atoms in total. The van der Waals surface area contributed by atoms with Crippen LogP contribution in [0.3, 0.4) is 0 Å². The van der Waals surface area contributed by atoms with Gasteiger partial charge in [0.2, 0.25) is 0 Å². The van der Waals surface area contributed by atoms with Crippen LogP contribution in [-0.2, 0) is 11.2 Å². The first kappa shape index (κ1) is 16.9. The van der Waals surface area contributed by atoms with Crippen molar-refractivity contribution in [2.75, 3.05) is 5.32 Å². The second-order valence-electron chi connectivity index (χ2n) is 5.19. The zero-order chi connectivity index (χ0) is 16.8. The van der Waals surface area contributed by atoms with Gasteiger partial charge < -0.3 is 10.1 Å². The molecule has 0 spiro atoms. The summed E-state index contributed by atoms with van der Waals surface area (Å²) in [7, 11) is 0. The number of benzene rings is 2. The molecule has 2 rings (SSSR count). The van der Waals surface area contributed by atoms with E-state index in [0.717, 1.165) is 11.1 Å². The van der Waals surface area contributed by atoms with Crippen LogP contribution in [0, 0.1) is 18.3 Å². The van der Waals surface area contributed by atoms with Gasteiger partial charge in [0.25, 0.3) is 5.91 Å². The number of amides is 1. The van der Waals surface area contributed by atoms with Gasteiger partial charge in [-0.3, -0.25) is 4.79 Å². The van der Waals surface area contributed by atoms with Gasteiger partial charge in [-0.15, -0.1) is 0 Å². The number of nitriles is 1. The van der Waals surface area contributed by atoms with Gasteiger partial charge in [0, 0.05) is 10.7 Å². The largest absolute Gasteiger partial charge is 0.481 e. The molecule has 0 heterocycles. The van der Waals surface area contributed by atoms with Crippen LogP contribution in [0.25, 0.3) is 0 Å². The number of nitrogens with one attached hydrogen (secondary N) is 1. The molecule has 0 saturated heterocycles. The third-order valence-electron chi connectivity index (χ3n) is 3.32. The van der Waals surface area contributed by atoms with Crippen molar-refractivity contribution in [1.82, 2.24) is 0 Å². The number of carbonyl (C=O) groups is 1. The second-order valence-corrected chi connectivity index (χ2v) is 5.60. The summed E-state index contributed by atoms with van der Waals surface area (Å²) < 4.78 is 5.63. The van der Waals surface area contributed by atoms with Crippen LogP contribution < -0.4 is 10.1 Å². The molecule has 0 fully saturated rings. The fraction of sp³-hybridized carbons (Fsp3) is 0.222. The van der Waals surface area contributed by atoms with Gasteiger partial charge >= 0.3 is 0 Å². The van der Waals surface area contributed by atoms with E-state index in [1.165, 1.54) is 0 Å². The Hall–Kier alpha value is -2.51. The molecule has 2 aromatic rings. The Labute approximate surface area is 140 Å². The fourth-order valence-corrected chi connectivity index (χ4v) is 2.11. The molecule has 0 bridgehead atoms. The Morgan fingerprint density at radius 1 is 1.30 bits per heavy atom. The zero-order valence-electron chi connectivity index (χ0n) is 13.0. The summed E-state index contributed by atoms with van der Waals surface area (Å²) in [6, 6.07) is 14.5. The van der Waals surface area contributed by atoms with E-state index in [4.69, 9.17) is 21.6 Å². The van der Waals surface area contributed by atoms with E-state index in [9.17, 15) is 4.79 Å². The van der Waals surface area contributed by atoms with Crippen LogP contribution in [0.4, 0.5) is 5.69 Å². The molecule has 2 aromatic carbocycles. The van der Waals surface area contributed by atoms with E-state index in [-0.39, 0.29) is 5.91 Å². The van der Waals surface area contributed by atoms with Crippen molar-refractivity contribution in [3.8, 4) is 11.8 Å². The lowest BCUT2D eigenvalue weighted by molar-refractivity contribution is -0.122. The fourth-order valence-electron chi connectivity index (χ4n) is 1.99. The van der Waals surface area contributed by atoms with Gasteiger partial charge in [-0.25, -0.2) is 0 Å². The van der Waals surface area contributed by atoms with Crippen molar-refractivity contribution in [3.63, 3.8) is 0 Å². The van der Waals surface area contributed by atoms with Crippen LogP contribution in [0.5, 0.6) is 5.75 Å². The highest BCUT2D eigenvalue weighted by Gasteiger charge is 2.15. The Morgan fingerprint density at radius 3 is 2.61 bits per heavy atom. The smallest absolute Gasteiger partial charge is 0.265 e. The SMILES string of the molecule is Cc1cc(O[C@H](C)C(=O)Nc2ccc(CC#N)cc2)ccc1Cl. The lowest BCUT2D eigenvalue weighted by Gasteiger charge is -2.15. The third-order valence-corrected chi connectivity index (χ3v) is 3.74. The van der Waals surface area contributed by atoms with Gasteiger partial charge in [-0.2, -0.15) is 5.26 Å². The Balaban J connectivity index is 1.96. The highest BCUT2D eigenvalue weighted by atomic mass is 35.5. The normalized spacial score (nSPS) is 11.4. The van der Waals surface area contributed by atoms with Crippen molar-refractivity contribution in [2.45, 2.75) is 26.4 Å². The number of nitrogens with zero attached hydrogens (tertiary/aromatic N) is 1. The molecule has 1 atom stereocenters. The van der Waals surface area contributed by atoms with Gasteiger partial charge in [0.15, 0.2) is 6.10 Å². The number of anilines is 1. The van der Waals surface area contributed by atoms with Crippen LogP contribution in [0.15, 0.2) is 42.5 Å². The van der Waals surface area contributed by atoms with Crippen LogP contribution in [-0.4, -0.2) is 12.0 Å². The molecule has 0 aliphatic carbocycles.